The maximum Gasteiger partial charge on any atom is 0.226 e. The van der Waals surface area contributed by atoms with Crippen LogP contribution in [0.5, 0.6) is 5.75 Å². The molecule has 1 N–H and O–H groups in total. The minimum absolute atomic E-state index is 0.0407. The molecular formula is C19H24N4O3. The van der Waals surface area contributed by atoms with Crippen LogP contribution in [-0.4, -0.2) is 65.3 Å². The Bertz CT molecular complexity index is 755. The number of hydrogen-bond donors (Lipinski definition) is 1. The molecule has 0 spiro atoms. The maximum atomic E-state index is 12.5. The number of benzene rings is 1. The van der Waals surface area contributed by atoms with E-state index in [0.29, 0.717) is 25.5 Å². The first-order valence-corrected chi connectivity index (χ1v) is 8.60. The predicted octanol–water partition coefficient (Wildman–Crippen LogP) is 1.13. The number of β-amino-alcohol motifs (C(OH)–C–C–N with tert-alkyl or cyclic N) is 1. The smallest absolute Gasteiger partial charge is 0.226 e. The van der Waals surface area contributed by atoms with Crippen molar-refractivity contribution in [2.75, 3.05) is 38.7 Å². The lowest BCUT2D eigenvalue weighted by molar-refractivity contribution is -0.132. The number of likely N-dealkylation sites (N-methyl/N-ethyl adjacent to an activating group) is 1. The molecule has 1 atom stereocenters. The summed E-state index contributed by atoms with van der Waals surface area (Å²) in [4.78, 5) is 24.5. The third-order valence-corrected chi connectivity index (χ3v) is 4.61. The fourth-order valence-electron chi connectivity index (χ4n) is 3.23. The largest absolute Gasteiger partial charge is 0.497 e. The van der Waals surface area contributed by atoms with Crippen molar-refractivity contribution in [2.24, 2.45) is 0 Å². The average Bonchev–Trinajstić information content (AvgIpc) is 3.04. The summed E-state index contributed by atoms with van der Waals surface area (Å²) in [6, 6.07) is 9.22. The van der Waals surface area contributed by atoms with Crippen LogP contribution in [0.25, 0.3) is 0 Å². The molecule has 26 heavy (non-hydrogen) atoms. The second kappa shape index (κ2) is 7.70. The summed E-state index contributed by atoms with van der Waals surface area (Å²) in [6.45, 7) is 1.35. The number of amides is 1. The van der Waals surface area contributed by atoms with Crippen molar-refractivity contribution in [1.29, 1.82) is 0 Å². The van der Waals surface area contributed by atoms with Crippen LogP contribution in [0.1, 0.15) is 12.0 Å². The summed E-state index contributed by atoms with van der Waals surface area (Å²) in [6.07, 6.45) is 4.21. The van der Waals surface area contributed by atoms with Crippen LogP contribution in [0.3, 0.4) is 0 Å². The molecule has 7 heteroatoms. The van der Waals surface area contributed by atoms with Crippen molar-refractivity contribution in [2.45, 2.75) is 18.4 Å². The standard InChI is InChI=1S/C19H24N4O3/c1-22(17(24)12-15-5-3-6-16(11-15)26-2)13-19(25)7-10-23(14-19)18-20-8-4-9-21-18/h3-6,8-9,11,25H,7,10,12-14H2,1-2H3. The van der Waals surface area contributed by atoms with E-state index in [1.54, 1.807) is 37.5 Å². The van der Waals surface area contributed by atoms with Gasteiger partial charge >= 0.3 is 0 Å². The van der Waals surface area contributed by atoms with Gasteiger partial charge in [-0.15, -0.1) is 0 Å². The highest BCUT2D eigenvalue weighted by atomic mass is 16.5. The van der Waals surface area contributed by atoms with Crippen molar-refractivity contribution >= 4 is 11.9 Å². The van der Waals surface area contributed by atoms with Crippen LogP contribution in [0.15, 0.2) is 42.7 Å². The zero-order chi connectivity index (χ0) is 18.6. The molecule has 0 saturated carbocycles. The molecule has 3 rings (SSSR count). The third kappa shape index (κ3) is 4.29. The van der Waals surface area contributed by atoms with Crippen LogP contribution < -0.4 is 9.64 Å². The van der Waals surface area contributed by atoms with E-state index in [2.05, 4.69) is 9.97 Å². The van der Waals surface area contributed by atoms with Gasteiger partial charge in [0.25, 0.3) is 0 Å². The molecule has 2 aromatic rings. The number of rotatable bonds is 6. The fourth-order valence-corrected chi connectivity index (χ4v) is 3.23. The molecular weight excluding hydrogens is 332 g/mol. The van der Waals surface area contributed by atoms with Gasteiger partial charge in [0, 0.05) is 26.0 Å². The van der Waals surface area contributed by atoms with E-state index in [1.165, 1.54) is 0 Å². The maximum absolute atomic E-state index is 12.5. The van der Waals surface area contributed by atoms with Gasteiger partial charge < -0.3 is 19.6 Å². The quantitative estimate of drug-likeness (QED) is 0.836. The van der Waals surface area contributed by atoms with Crippen LogP contribution in [0.2, 0.25) is 0 Å². The summed E-state index contributed by atoms with van der Waals surface area (Å²) in [5, 5.41) is 10.9. The van der Waals surface area contributed by atoms with E-state index in [4.69, 9.17) is 4.74 Å². The molecule has 1 aliphatic rings. The molecule has 2 heterocycles. The molecule has 1 saturated heterocycles. The van der Waals surface area contributed by atoms with Crippen LogP contribution in [0.4, 0.5) is 5.95 Å². The van der Waals surface area contributed by atoms with E-state index >= 15 is 0 Å². The van der Waals surface area contributed by atoms with Crippen molar-refractivity contribution < 1.29 is 14.6 Å². The minimum atomic E-state index is -0.960. The molecule has 0 aliphatic carbocycles. The predicted molar refractivity (Wildman–Crippen MR) is 98.1 cm³/mol. The number of hydrogen-bond acceptors (Lipinski definition) is 6. The monoisotopic (exact) mass is 356 g/mol. The lowest BCUT2D eigenvalue weighted by Gasteiger charge is -2.29. The minimum Gasteiger partial charge on any atom is -0.497 e. The number of aromatic nitrogens is 2. The number of nitrogens with zero attached hydrogens (tertiary/aromatic N) is 4. The van der Waals surface area contributed by atoms with Gasteiger partial charge in [-0.1, -0.05) is 12.1 Å². The Hall–Kier alpha value is -2.67. The number of carbonyl (C=O) groups excluding carboxylic acids is 1. The van der Waals surface area contributed by atoms with Crippen molar-refractivity contribution in [3.05, 3.63) is 48.3 Å². The Balaban J connectivity index is 1.58. The van der Waals surface area contributed by atoms with Gasteiger partial charge in [-0.25, -0.2) is 9.97 Å². The summed E-state index contributed by atoms with van der Waals surface area (Å²) in [7, 11) is 3.33. The van der Waals surface area contributed by atoms with E-state index in [0.717, 1.165) is 11.3 Å². The Morgan fingerprint density at radius 3 is 2.85 bits per heavy atom. The highest BCUT2D eigenvalue weighted by molar-refractivity contribution is 5.78. The lowest BCUT2D eigenvalue weighted by Crippen LogP contribution is -2.46. The van der Waals surface area contributed by atoms with Gasteiger partial charge in [0.2, 0.25) is 11.9 Å². The summed E-state index contributed by atoms with van der Waals surface area (Å²) < 4.78 is 5.19. The van der Waals surface area contributed by atoms with Gasteiger partial charge in [0.15, 0.2) is 0 Å². The molecule has 138 valence electrons. The van der Waals surface area contributed by atoms with E-state index < -0.39 is 5.60 Å². The van der Waals surface area contributed by atoms with E-state index in [9.17, 15) is 9.90 Å². The molecule has 1 amide bonds. The first-order chi connectivity index (χ1) is 12.5. The second-order valence-electron chi connectivity index (χ2n) is 6.72. The summed E-state index contributed by atoms with van der Waals surface area (Å²) in [5.74, 6) is 1.29. The Kier molecular flexibility index (Phi) is 5.37. The van der Waals surface area contributed by atoms with Crippen LogP contribution in [-0.2, 0) is 11.2 Å². The summed E-state index contributed by atoms with van der Waals surface area (Å²) >= 11 is 0. The fraction of sp³-hybridized carbons (Fsp3) is 0.421. The van der Waals surface area contributed by atoms with Gasteiger partial charge in [-0.3, -0.25) is 4.79 Å². The molecule has 1 aliphatic heterocycles. The molecule has 7 nitrogen and oxygen atoms in total. The Labute approximate surface area is 153 Å². The molecule has 1 unspecified atom stereocenters. The molecule has 1 aromatic heterocycles. The van der Waals surface area contributed by atoms with Crippen LogP contribution in [0, 0.1) is 0 Å². The topological polar surface area (TPSA) is 78.8 Å². The Morgan fingerprint density at radius 1 is 1.35 bits per heavy atom. The van der Waals surface area contributed by atoms with E-state index in [-0.39, 0.29) is 18.9 Å². The van der Waals surface area contributed by atoms with Gasteiger partial charge in [0.05, 0.1) is 26.6 Å². The Morgan fingerprint density at radius 2 is 2.12 bits per heavy atom. The zero-order valence-electron chi connectivity index (χ0n) is 15.1. The van der Waals surface area contributed by atoms with Gasteiger partial charge in [-0.05, 0) is 30.2 Å². The lowest BCUT2D eigenvalue weighted by atomic mass is 10.0. The van der Waals surface area contributed by atoms with Crippen molar-refractivity contribution in [3.8, 4) is 5.75 Å². The van der Waals surface area contributed by atoms with E-state index in [1.807, 2.05) is 29.2 Å². The summed E-state index contributed by atoms with van der Waals surface area (Å²) in [5.41, 5.74) is -0.0724. The molecule has 1 fully saturated rings. The first kappa shape index (κ1) is 18.1. The van der Waals surface area contributed by atoms with Gasteiger partial charge in [0.1, 0.15) is 11.4 Å². The number of aliphatic hydroxyl groups is 1. The molecule has 0 radical (unpaired) electrons. The third-order valence-electron chi connectivity index (χ3n) is 4.61. The number of methoxy groups -OCH3 is 1. The zero-order valence-corrected chi connectivity index (χ0v) is 15.1. The van der Waals surface area contributed by atoms with Crippen LogP contribution >= 0.6 is 0 Å². The molecule has 1 aromatic carbocycles. The highest BCUT2D eigenvalue weighted by Gasteiger charge is 2.38. The second-order valence-corrected chi connectivity index (χ2v) is 6.72. The number of carbonyl (C=O) groups is 1. The van der Waals surface area contributed by atoms with Crippen molar-refractivity contribution in [1.82, 2.24) is 14.9 Å². The van der Waals surface area contributed by atoms with Gasteiger partial charge in [-0.2, -0.15) is 0 Å². The SMILES string of the molecule is COc1cccc(CC(=O)N(C)CC2(O)CCN(c3ncccn3)C2)c1. The number of ether oxygens (including phenoxy) is 1. The number of anilines is 1. The average molecular weight is 356 g/mol. The normalized spacial score (nSPS) is 19.4. The molecule has 0 bridgehead atoms. The highest BCUT2D eigenvalue weighted by Crippen LogP contribution is 2.25. The first-order valence-electron chi connectivity index (χ1n) is 8.60. The van der Waals surface area contributed by atoms with Crippen molar-refractivity contribution in [3.63, 3.8) is 0 Å².